The first kappa shape index (κ1) is 21.1. The molecular weight excluding hydrogens is 370 g/mol. The Morgan fingerprint density at radius 1 is 1.28 bits per heavy atom. The Hall–Kier alpha value is -2.58. The van der Waals surface area contributed by atoms with E-state index in [1.807, 2.05) is 12.5 Å². The van der Waals surface area contributed by atoms with E-state index in [0.717, 1.165) is 18.5 Å². The van der Waals surface area contributed by atoms with Crippen molar-refractivity contribution >= 4 is 5.97 Å². The average Bonchev–Trinajstić information content (AvgIpc) is 3.28. The largest absolute Gasteiger partial charge is 0.479 e. The molecule has 0 radical (unpaired) electrons. The summed E-state index contributed by atoms with van der Waals surface area (Å²) < 4.78 is 2.11. The molecule has 0 saturated heterocycles. The molecule has 2 heterocycles. The maximum absolute atomic E-state index is 11.2. The number of carbonyl (C=O) groups is 1. The first-order valence-corrected chi connectivity index (χ1v) is 10.2. The van der Waals surface area contributed by atoms with Crippen LogP contribution in [-0.2, 0) is 16.1 Å². The standard InChI is InChI=1S/C21H29N5O3/c22-29-20(21(27)28)8-4-7-18(16-5-2-1-3-6-16)19(26-12-11-24-15-26)13-17-14-23-9-10-25-17/h7,9-12,14-16,19-20H,1-6,8,13,22H2,(H,27,28)/b18-7+. The smallest absolute Gasteiger partial charge is 0.334 e. The number of carboxylic acid groups (broad SMARTS) is 1. The first-order valence-electron chi connectivity index (χ1n) is 10.2. The minimum absolute atomic E-state index is 0.0689. The minimum atomic E-state index is -1.04. The van der Waals surface area contributed by atoms with Gasteiger partial charge in [0.2, 0.25) is 0 Å². The molecule has 1 aliphatic carbocycles. The summed E-state index contributed by atoms with van der Waals surface area (Å²) in [6.45, 7) is 0. The molecule has 1 aliphatic rings. The van der Waals surface area contributed by atoms with Gasteiger partial charge in [-0.15, -0.1) is 0 Å². The lowest BCUT2D eigenvalue weighted by atomic mass is 9.79. The van der Waals surface area contributed by atoms with Gasteiger partial charge in [0.05, 0.1) is 18.1 Å². The van der Waals surface area contributed by atoms with E-state index in [1.54, 1.807) is 24.8 Å². The van der Waals surface area contributed by atoms with Crippen molar-refractivity contribution in [1.29, 1.82) is 0 Å². The molecule has 2 unspecified atom stereocenters. The number of aromatic nitrogens is 4. The van der Waals surface area contributed by atoms with Crippen LogP contribution in [0.1, 0.15) is 56.7 Å². The zero-order valence-electron chi connectivity index (χ0n) is 16.6. The van der Waals surface area contributed by atoms with E-state index < -0.39 is 12.1 Å². The fraction of sp³-hybridized carbons (Fsp3) is 0.524. The molecule has 8 heteroatoms. The molecule has 0 aromatic carbocycles. The third-order valence-corrected chi connectivity index (χ3v) is 5.61. The Bertz CT molecular complexity index is 773. The van der Waals surface area contributed by atoms with Crippen molar-refractivity contribution in [2.75, 3.05) is 0 Å². The summed E-state index contributed by atoms with van der Waals surface area (Å²) in [4.78, 5) is 28.7. The van der Waals surface area contributed by atoms with Gasteiger partial charge in [-0.25, -0.2) is 15.7 Å². The lowest BCUT2D eigenvalue weighted by Gasteiger charge is -2.31. The Balaban J connectivity index is 1.87. The number of allylic oxidation sites excluding steroid dienone is 2. The van der Waals surface area contributed by atoms with Gasteiger partial charge >= 0.3 is 5.97 Å². The Morgan fingerprint density at radius 2 is 2.10 bits per heavy atom. The van der Waals surface area contributed by atoms with Crippen molar-refractivity contribution in [3.8, 4) is 0 Å². The number of nitrogens with two attached hydrogens (primary N) is 1. The third-order valence-electron chi connectivity index (χ3n) is 5.61. The van der Waals surface area contributed by atoms with Crippen molar-refractivity contribution in [3.63, 3.8) is 0 Å². The van der Waals surface area contributed by atoms with Gasteiger partial charge in [0.1, 0.15) is 0 Å². The number of aliphatic carboxylic acids is 1. The molecule has 2 atom stereocenters. The van der Waals surface area contributed by atoms with Gasteiger partial charge in [-0.05, 0) is 37.2 Å². The molecule has 0 spiro atoms. The maximum atomic E-state index is 11.2. The number of hydrogen-bond acceptors (Lipinski definition) is 6. The number of carboxylic acids is 1. The van der Waals surface area contributed by atoms with Crippen molar-refractivity contribution in [2.45, 2.75) is 63.5 Å². The van der Waals surface area contributed by atoms with E-state index in [-0.39, 0.29) is 6.04 Å². The highest BCUT2D eigenvalue weighted by Gasteiger charge is 2.26. The fourth-order valence-electron chi connectivity index (χ4n) is 4.14. The highest BCUT2D eigenvalue weighted by molar-refractivity contribution is 5.72. The van der Waals surface area contributed by atoms with E-state index in [2.05, 4.69) is 30.4 Å². The van der Waals surface area contributed by atoms with E-state index in [4.69, 9.17) is 5.90 Å². The molecule has 2 aromatic rings. The van der Waals surface area contributed by atoms with Crippen LogP contribution in [0, 0.1) is 5.92 Å². The zero-order chi connectivity index (χ0) is 20.5. The van der Waals surface area contributed by atoms with Gasteiger partial charge in [-0.1, -0.05) is 25.3 Å². The quantitative estimate of drug-likeness (QED) is 0.466. The monoisotopic (exact) mass is 399 g/mol. The number of hydrogen-bond donors (Lipinski definition) is 2. The summed E-state index contributed by atoms with van der Waals surface area (Å²) in [5.74, 6) is 4.57. The van der Waals surface area contributed by atoms with Gasteiger partial charge in [0.15, 0.2) is 6.10 Å². The summed E-state index contributed by atoms with van der Waals surface area (Å²) in [5, 5.41) is 9.19. The molecule has 0 aliphatic heterocycles. The minimum Gasteiger partial charge on any atom is -0.479 e. The van der Waals surface area contributed by atoms with Crippen LogP contribution >= 0.6 is 0 Å². The lowest BCUT2D eigenvalue weighted by molar-refractivity contribution is -0.151. The fourth-order valence-corrected chi connectivity index (χ4v) is 4.14. The van der Waals surface area contributed by atoms with E-state index >= 15 is 0 Å². The lowest BCUT2D eigenvalue weighted by Crippen LogP contribution is -2.27. The predicted molar refractivity (Wildman–Crippen MR) is 108 cm³/mol. The summed E-state index contributed by atoms with van der Waals surface area (Å²) in [6, 6.07) is 0.0689. The molecular formula is C21H29N5O3. The molecule has 0 bridgehead atoms. The van der Waals surface area contributed by atoms with Crippen LogP contribution < -0.4 is 5.90 Å². The Kier molecular flexibility index (Phi) is 7.89. The molecule has 2 aromatic heterocycles. The average molecular weight is 399 g/mol. The van der Waals surface area contributed by atoms with Crippen LogP contribution in [0.4, 0.5) is 0 Å². The molecule has 1 fully saturated rings. The second kappa shape index (κ2) is 10.8. The first-order chi connectivity index (χ1) is 14.2. The van der Waals surface area contributed by atoms with Crippen LogP contribution in [0.3, 0.4) is 0 Å². The Morgan fingerprint density at radius 3 is 2.72 bits per heavy atom. The van der Waals surface area contributed by atoms with Gasteiger partial charge in [0.25, 0.3) is 0 Å². The summed E-state index contributed by atoms with van der Waals surface area (Å²) in [5.41, 5.74) is 2.23. The summed E-state index contributed by atoms with van der Waals surface area (Å²) in [7, 11) is 0. The highest BCUT2D eigenvalue weighted by Crippen LogP contribution is 2.37. The van der Waals surface area contributed by atoms with Gasteiger partial charge in [-0.3, -0.25) is 14.8 Å². The van der Waals surface area contributed by atoms with Crippen molar-refractivity contribution in [1.82, 2.24) is 19.5 Å². The highest BCUT2D eigenvalue weighted by atomic mass is 16.6. The topological polar surface area (TPSA) is 116 Å². The van der Waals surface area contributed by atoms with Crippen LogP contribution in [0.2, 0.25) is 0 Å². The second-order valence-electron chi connectivity index (χ2n) is 7.51. The summed E-state index contributed by atoms with van der Waals surface area (Å²) >= 11 is 0. The van der Waals surface area contributed by atoms with Crippen molar-refractivity contribution in [2.24, 2.45) is 11.8 Å². The van der Waals surface area contributed by atoms with Crippen LogP contribution in [0.15, 0.2) is 49.0 Å². The molecule has 3 N–H and O–H groups in total. The normalized spacial score (nSPS) is 17.8. The second-order valence-corrected chi connectivity index (χ2v) is 7.51. The predicted octanol–water partition coefficient (Wildman–Crippen LogP) is 3.09. The van der Waals surface area contributed by atoms with Crippen molar-refractivity contribution < 1.29 is 14.7 Å². The molecule has 156 valence electrons. The number of nitrogens with zero attached hydrogens (tertiary/aromatic N) is 4. The number of imidazole rings is 1. The third kappa shape index (κ3) is 5.95. The van der Waals surface area contributed by atoms with Crippen LogP contribution in [0.5, 0.6) is 0 Å². The van der Waals surface area contributed by atoms with Crippen LogP contribution in [-0.4, -0.2) is 36.7 Å². The van der Waals surface area contributed by atoms with Crippen LogP contribution in [0.25, 0.3) is 0 Å². The Labute approximate surface area is 170 Å². The SMILES string of the molecule is NOC(CC/C=C(\C1CCCCC1)C(Cc1cnccn1)n1ccnc1)C(=O)O. The van der Waals surface area contributed by atoms with E-state index in [9.17, 15) is 9.90 Å². The molecule has 29 heavy (non-hydrogen) atoms. The summed E-state index contributed by atoms with van der Waals surface area (Å²) in [6.07, 6.45) is 19.6. The van der Waals surface area contributed by atoms with Crippen molar-refractivity contribution in [3.05, 3.63) is 54.7 Å². The molecule has 1 saturated carbocycles. The van der Waals surface area contributed by atoms with E-state index in [1.165, 1.54) is 24.8 Å². The molecule has 0 amide bonds. The van der Waals surface area contributed by atoms with Gasteiger partial charge in [0, 0.05) is 37.4 Å². The molecule has 8 nitrogen and oxygen atoms in total. The molecule has 3 rings (SSSR count). The number of rotatable bonds is 10. The van der Waals surface area contributed by atoms with Gasteiger partial charge in [-0.2, -0.15) is 0 Å². The van der Waals surface area contributed by atoms with Gasteiger partial charge < -0.3 is 9.67 Å². The maximum Gasteiger partial charge on any atom is 0.334 e. The zero-order valence-corrected chi connectivity index (χ0v) is 16.6. The van der Waals surface area contributed by atoms with E-state index in [0.29, 0.717) is 25.2 Å².